The van der Waals surface area contributed by atoms with Gasteiger partial charge >= 0.3 is 0 Å². The number of ether oxygens (including phenoxy) is 3. The predicted molar refractivity (Wildman–Crippen MR) is 103 cm³/mol. The Hall–Kier alpha value is -2.37. The van der Waals surface area contributed by atoms with E-state index in [4.69, 9.17) is 14.2 Å². The SMILES string of the molecule is COc1ccc(CNC(=O)[C@H]2CN(S(C)(=O)=O)C[C@@]23OCCNC3=O)c(OC)c1. The van der Waals surface area contributed by atoms with Crippen molar-refractivity contribution in [2.75, 3.05) is 46.7 Å². The van der Waals surface area contributed by atoms with Gasteiger partial charge in [-0.3, -0.25) is 9.59 Å². The number of rotatable bonds is 6. The molecule has 0 radical (unpaired) electrons. The van der Waals surface area contributed by atoms with E-state index >= 15 is 0 Å². The molecule has 29 heavy (non-hydrogen) atoms. The molecule has 2 aliphatic rings. The summed E-state index contributed by atoms with van der Waals surface area (Å²) in [6, 6.07) is 5.20. The van der Waals surface area contributed by atoms with Crippen LogP contribution in [0.4, 0.5) is 0 Å². The van der Waals surface area contributed by atoms with Gasteiger partial charge in [-0.2, -0.15) is 4.31 Å². The van der Waals surface area contributed by atoms with Crippen molar-refractivity contribution in [3.8, 4) is 11.5 Å². The molecule has 0 bridgehead atoms. The topological polar surface area (TPSA) is 123 Å². The Kier molecular flexibility index (Phi) is 6.01. The van der Waals surface area contributed by atoms with Gasteiger partial charge in [0, 0.05) is 31.3 Å². The van der Waals surface area contributed by atoms with Gasteiger partial charge in [0.2, 0.25) is 15.9 Å². The van der Waals surface area contributed by atoms with Crippen molar-refractivity contribution in [1.29, 1.82) is 0 Å². The van der Waals surface area contributed by atoms with Gasteiger partial charge in [0.15, 0.2) is 5.60 Å². The predicted octanol–water partition coefficient (Wildman–Crippen LogP) is -0.903. The van der Waals surface area contributed by atoms with Crippen molar-refractivity contribution in [2.24, 2.45) is 5.92 Å². The van der Waals surface area contributed by atoms with Gasteiger partial charge in [0.25, 0.3) is 5.91 Å². The highest BCUT2D eigenvalue weighted by atomic mass is 32.2. The number of sulfonamides is 1. The maximum absolute atomic E-state index is 13.0. The highest BCUT2D eigenvalue weighted by molar-refractivity contribution is 7.88. The molecule has 11 heteroatoms. The zero-order chi connectivity index (χ0) is 21.2. The number of hydrogen-bond donors (Lipinski definition) is 2. The molecule has 1 aromatic carbocycles. The van der Waals surface area contributed by atoms with E-state index in [9.17, 15) is 18.0 Å². The van der Waals surface area contributed by atoms with Crippen molar-refractivity contribution in [3.05, 3.63) is 23.8 Å². The van der Waals surface area contributed by atoms with Crippen molar-refractivity contribution < 1.29 is 32.2 Å². The summed E-state index contributed by atoms with van der Waals surface area (Å²) in [4.78, 5) is 25.6. The molecule has 2 saturated heterocycles. The number of morpholine rings is 1. The molecule has 1 aromatic rings. The lowest BCUT2D eigenvalue weighted by Crippen LogP contribution is -2.62. The quantitative estimate of drug-likeness (QED) is 0.603. The van der Waals surface area contributed by atoms with Crippen LogP contribution in [0.15, 0.2) is 18.2 Å². The second-order valence-corrected chi connectivity index (χ2v) is 8.98. The molecule has 160 valence electrons. The molecule has 2 amide bonds. The number of hydrogen-bond acceptors (Lipinski definition) is 7. The molecule has 2 heterocycles. The minimum absolute atomic E-state index is 0.127. The Morgan fingerprint density at radius 3 is 2.76 bits per heavy atom. The highest BCUT2D eigenvalue weighted by Crippen LogP contribution is 2.35. The van der Waals surface area contributed by atoms with Crippen molar-refractivity contribution in [2.45, 2.75) is 12.1 Å². The van der Waals surface area contributed by atoms with Crippen molar-refractivity contribution >= 4 is 21.8 Å². The second-order valence-electron chi connectivity index (χ2n) is 7.00. The Labute approximate surface area is 169 Å². The van der Waals surface area contributed by atoms with Gasteiger partial charge in [-0.25, -0.2) is 8.42 Å². The first kappa shape index (κ1) is 21.3. The Bertz CT molecular complexity index is 905. The summed E-state index contributed by atoms with van der Waals surface area (Å²) in [5.74, 6) is -0.761. The van der Waals surface area contributed by atoms with Gasteiger partial charge in [0.1, 0.15) is 11.5 Å². The van der Waals surface area contributed by atoms with Crippen molar-refractivity contribution in [1.82, 2.24) is 14.9 Å². The number of nitrogens with one attached hydrogen (secondary N) is 2. The summed E-state index contributed by atoms with van der Waals surface area (Å²) in [7, 11) is -0.543. The number of methoxy groups -OCH3 is 2. The summed E-state index contributed by atoms with van der Waals surface area (Å²) in [6.45, 7) is 0.342. The fourth-order valence-corrected chi connectivity index (χ4v) is 4.47. The summed E-state index contributed by atoms with van der Waals surface area (Å²) >= 11 is 0. The van der Waals surface area contributed by atoms with E-state index in [1.54, 1.807) is 25.3 Å². The van der Waals surface area contributed by atoms with Crippen LogP contribution in [0, 0.1) is 5.92 Å². The zero-order valence-electron chi connectivity index (χ0n) is 16.6. The van der Waals surface area contributed by atoms with E-state index in [2.05, 4.69) is 10.6 Å². The van der Waals surface area contributed by atoms with Crippen LogP contribution < -0.4 is 20.1 Å². The van der Waals surface area contributed by atoms with Crippen LogP contribution in [-0.2, 0) is 30.9 Å². The first-order valence-electron chi connectivity index (χ1n) is 9.07. The fraction of sp³-hybridized carbons (Fsp3) is 0.556. The minimum Gasteiger partial charge on any atom is -0.497 e. The van der Waals surface area contributed by atoms with E-state index in [1.165, 1.54) is 7.11 Å². The van der Waals surface area contributed by atoms with Crippen molar-refractivity contribution in [3.63, 3.8) is 0 Å². The lowest BCUT2D eigenvalue weighted by molar-refractivity contribution is -0.163. The summed E-state index contributed by atoms with van der Waals surface area (Å²) in [6.07, 6.45) is 1.05. The van der Waals surface area contributed by atoms with Gasteiger partial charge in [-0.05, 0) is 12.1 Å². The maximum atomic E-state index is 13.0. The van der Waals surface area contributed by atoms with E-state index in [0.29, 0.717) is 23.6 Å². The average Bonchev–Trinajstić information content (AvgIpc) is 3.09. The summed E-state index contributed by atoms with van der Waals surface area (Å²) < 4.78 is 41.4. The summed E-state index contributed by atoms with van der Waals surface area (Å²) in [5, 5.41) is 5.45. The third-order valence-electron chi connectivity index (χ3n) is 5.22. The zero-order valence-corrected chi connectivity index (χ0v) is 17.4. The van der Waals surface area contributed by atoms with E-state index < -0.39 is 33.4 Å². The van der Waals surface area contributed by atoms with Gasteiger partial charge in [-0.1, -0.05) is 0 Å². The standard InChI is InChI=1S/C18H25N3O7S/c1-26-13-5-4-12(15(8-13)27-2)9-20-16(22)14-10-21(29(3,24)25)11-18(14)17(23)19-6-7-28-18/h4-5,8,14H,6-7,9-11H2,1-3H3,(H,19,23)(H,20,22)/t14-,18-/m1/s1. The molecular formula is C18H25N3O7S. The first-order valence-corrected chi connectivity index (χ1v) is 10.9. The fourth-order valence-electron chi connectivity index (χ4n) is 3.63. The van der Waals surface area contributed by atoms with Crippen LogP contribution in [0.3, 0.4) is 0 Å². The molecule has 2 aliphatic heterocycles. The summed E-state index contributed by atoms with van der Waals surface area (Å²) in [5.41, 5.74) is -0.822. The lowest BCUT2D eigenvalue weighted by atomic mass is 9.87. The van der Waals surface area contributed by atoms with Crippen LogP contribution in [0.1, 0.15) is 5.56 Å². The lowest BCUT2D eigenvalue weighted by Gasteiger charge is -2.36. The number of amides is 2. The van der Waals surface area contributed by atoms with Crippen LogP contribution in [0.2, 0.25) is 0 Å². The Morgan fingerprint density at radius 1 is 1.38 bits per heavy atom. The molecule has 3 rings (SSSR count). The molecule has 0 aliphatic carbocycles. The Morgan fingerprint density at radius 2 is 2.14 bits per heavy atom. The monoisotopic (exact) mass is 427 g/mol. The van der Waals surface area contributed by atoms with E-state index in [0.717, 1.165) is 10.6 Å². The third-order valence-corrected chi connectivity index (χ3v) is 6.44. The minimum atomic E-state index is -3.59. The average molecular weight is 427 g/mol. The largest absolute Gasteiger partial charge is 0.497 e. The van der Waals surface area contributed by atoms with E-state index in [1.807, 2.05) is 0 Å². The highest BCUT2D eigenvalue weighted by Gasteiger charge is 2.59. The smallest absolute Gasteiger partial charge is 0.254 e. The molecule has 2 atom stereocenters. The number of benzene rings is 1. The molecule has 1 spiro atoms. The van der Waals surface area contributed by atoms with Gasteiger partial charge in [0.05, 0.1) is 39.5 Å². The van der Waals surface area contributed by atoms with Gasteiger partial charge < -0.3 is 24.8 Å². The van der Waals surface area contributed by atoms with Gasteiger partial charge in [-0.15, -0.1) is 0 Å². The van der Waals surface area contributed by atoms with E-state index in [-0.39, 0.29) is 26.2 Å². The van der Waals surface area contributed by atoms with Crippen LogP contribution in [0.5, 0.6) is 11.5 Å². The second kappa shape index (κ2) is 8.17. The Balaban J connectivity index is 1.80. The first-order chi connectivity index (χ1) is 13.7. The number of nitrogens with zero attached hydrogens (tertiary/aromatic N) is 1. The molecular weight excluding hydrogens is 402 g/mol. The number of carbonyl (C=O) groups excluding carboxylic acids is 2. The molecule has 2 N–H and O–H groups in total. The molecule has 10 nitrogen and oxygen atoms in total. The normalized spacial score (nSPS) is 24.9. The van der Waals surface area contributed by atoms with Crippen LogP contribution in [-0.4, -0.2) is 76.9 Å². The molecule has 0 aromatic heterocycles. The molecule has 0 unspecified atom stereocenters. The van der Waals surface area contributed by atoms with Crippen LogP contribution in [0.25, 0.3) is 0 Å². The molecule has 2 fully saturated rings. The number of carbonyl (C=O) groups is 2. The van der Waals surface area contributed by atoms with Crippen LogP contribution >= 0.6 is 0 Å². The maximum Gasteiger partial charge on any atom is 0.254 e. The third kappa shape index (κ3) is 4.16. The molecule has 0 saturated carbocycles.